The molecule has 0 aliphatic carbocycles. The minimum absolute atomic E-state index is 0.0223. The molecule has 5 rings (SSSR count). The molecule has 0 saturated carbocycles. The number of ether oxygens (including phenoxy) is 1. The summed E-state index contributed by atoms with van der Waals surface area (Å²) in [5.41, 5.74) is 5.99. The van der Waals surface area contributed by atoms with Crippen molar-refractivity contribution in [2.75, 3.05) is 11.9 Å². The zero-order chi connectivity index (χ0) is 24.1. The number of piperidine rings is 1. The second-order valence-electron chi connectivity index (χ2n) is 7.83. The summed E-state index contributed by atoms with van der Waals surface area (Å²) in [5.74, 6) is -1.20. The van der Waals surface area contributed by atoms with E-state index in [1.54, 1.807) is 12.1 Å². The van der Waals surface area contributed by atoms with Gasteiger partial charge < -0.3 is 25.8 Å². The molecule has 176 valence electrons. The molecule has 4 amide bonds. The summed E-state index contributed by atoms with van der Waals surface area (Å²) in [6.45, 7) is 2.10. The van der Waals surface area contributed by atoms with Crippen molar-refractivity contribution in [2.45, 2.75) is 29.8 Å². The average Bonchev–Trinajstić information content (AvgIpc) is 3.32. The third-order valence-corrected chi connectivity index (χ3v) is 7.96. The van der Waals surface area contributed by atoms with Crippen molar-refractivity contribution in [1.82, 2.24) is 20.0 Å². The SMILES string of the molecule is Cc1nnc(SC2=C(OC(=O)O)N3C(=O)[C@@H]4[C@H]3C2CCN4C(=O)Nc2ccc(C(N)=O)cc2)s1. The molecule has 4 N–H and O–H groups in total. The van der Waals surface area contributed by atoms with E-state index in [2.05, 4.69) is 15.5 Å². The van der Waals surface area contributed by atoms with Gasteiger partial charge in [0.05, 0.1) is 10.9 Å². The van der Waals surface area contributed by atoms with Crippen LogP contribution in [0.15, 0.2) is 39.4 Å². The number of benzene rings is 1. The molecule has 2 saturated heterocycles. The number of aromatic nitrogens is 2. The summed E-state index contributed by atoms with van der Waals surface area (Å²) < 4.78 is 5.63. The van der Waals surface area contributed by atoms with E-state index in [9.17, 15) is 24.3 Å². The highest BCUT2D eigenvalue weighted by Gasteiger charge is 2.64. The molecule has 1 aromatic heterocycles. The van der Waals surface area contributed by atoms with Crippen LogP contribution in [0.3, 0.4) is 0 Å². The fourth-order valence-electron chi connectivity index (χ4n) is 4.46. The predicted octanol–water partition coefficient (Wildman–Crippen LogP) is 2.05. The monoisotopic (exact) mass is 502 g/mol. The number of amides is 4. The molecule has 12 nitrogen and oxygen atoms in total. The second-order valence-corrected chi connectivity index (χ2v) is 10.3. The van der Waals surface area contributed by atoms with Crippen molar-refractivity contribution >= 4 is 52.8 Å². The van der Waals surface area contributed by atoms with Crippen molar-refractivity contribution in [2.24, 2.45) is 11.7 Å². The van der Waals surface area contributed by atoms with E-state index in [4.69, 9.17) is 10.5 Å². The van der Waals surface area contributed by atoms with Gasteiger partial charge in [0, 0.05) is 23.7 Å². The summed E-state index contributed by atoms with van der Waals surface area (Å²) >= 11 is 2.60. The maximum absolute atomic E-state index is 13.0. The van der Waals surface area contributed by atoms with E-state index < -0.39 is 36.1 Å². The van der Waals surface area contributed by atoms with E-state index in [1.807, 2.05) is 6.92 Å². The molecule has 14 heteroatoms. The first kappa shape index (κ1) is 22.2. The predicted molar refractivity (Wildman–Crippen MR) is 120 cm³/mol. The first-order chi connectivity index (χ1) is 16.2. The highest BCUT2D eigenvalue weighted by molar-refractivity contribution is 8.04. The highest BCUT2D eigenvalue weighted by Crippen LogP contribution is 2.54. The Labute approximate surface area is 200 Å². The number of likely N-dealkylation sites (tertiary alicyclic amines) is 1. The number of rotatable bonds is 5. The quantitative estimate of drug-likeness (QED) is 0.409. The Kier molecular flexibility index (Phi) is 5.40. The van der Waals surface area contributed by atoms with Gasteiger partial charge in [0.1, 0.15) is 11.0 Å². The average molecular weight is 503 g/mol. The van der Waals surface area contributed by atoms with E-state index in [1.165, 1.54) is 45.0 Å². The number of nitrogens with zero attached hydrogens (tertiary/aromatic N) is 4. The van der Waals surface area contributed by atoms with Crippen LogP contribution >= 0.6 is 23.1 Å². The summed E-state index contributed by atoms with van der Waals surface area (Å²) in [6.07, 6.45) is -1.02. The number of urea groups is 1. The number of hydrogen-bond donors (Lipinski definition) is 3. The van der Waals surface area contributed by atoms with Crippen LogP contribution in [0.5, 0.6) is 0 Å². The summed E-state index contributed by atoms with van der Waals surface area (Å²) in [5, 5.41) is 20.8. The minimum atomic E-state index is -1.52. The van der Waals surface area contributed by atoms with E-state index in [-0.39, 0.29) is 18.3 Å². The summed E-state index contributed by atoms with van der Waals surface area (Å²) in [6, 6.07) is 4.46. The van der Waals surface area contributed by atoms with Crippen LogP contribution in [0.4, 0.5) is 15.3 Å². The van der Waals surface area contributed by atoms with E-state index in [0.717, 1.165) is 5.01 Å². The molecule has 1 aromatic carbocycles. The van der Waals surface area contributed by atoms with Gasteiger partial charge in [-0.2, -0.15) is 0 Å². The molecule has 34 heavy (non-hydrogen) atoms. The normalized spacial score (nSPS) is 22.9. The maximum Gasteiger partial charge on any atom is 0.512 e. The van der Waals surface area contributed by atoms with Crippen LogP contribution in [0.1, 0.15) is 21.8 Å². The molecule has 2 aromatic rings. The lowest BCUT2D eigenvalue weighted by Crippen LogP contribution is -2.73. The maximum atomic E-state index is 13.0. The molecule has 2 fully saturated rings. The Hall–Kier alpha value is -3.65. The lowest BCUT2D eigenvalue weighted by atomic mass is 9.81. The second kappa shape index (κ2) is 8.29. The zero-order valence-electron chi connectivity index (χ0n) is 17.6. The first-order valence-electron chi connectivity index (χ1n) is 10.2. The van der Waals surface area contributed by atoms with E-state index >= 15 is 0 Å². The number of thioether (sulfide) groups is 1. The van der Waals surface area contributed by atoms with Crippen molar-refractivity contribution in [3.8, 4) is 0 Å². The number of hydrogen-bond acceptors (Lipinski definition) is 9. The molecular formula is C20H18N6O6S2. The lowest BCUT2D eigenvalue weighted by Gasteiger charge is -2.52. The number of carboxylic acid groups (broad SMARTS) is 1. The third kappa shape index (κ3) is 3.64. The van der Waals surface area contributed by atoms with Gasteiger partial charge in [0.25, 0.3) is 5.91 Å². The van der Waals surface area contributed by atoms with Gasteiger partial charge in [-0.1, -0.05) is 23.1 Å². The number of β-lactam (4-membered cyclic amide) rings is 1. The standard InChI is InChI=1S/C20H18N6O6S2/c1-8-23-24-19(33-8)34-14-11-6-7-25(13-12(11)26(16(13)28)17(14)32-20(30)31)18(29)22-10-4-2-9(3-5-10)15(21)27/h2-5,11-13H,6-7H2,1H3,(H2,21,27)(H,22,29)(H,30,31)/t11?,12-,13+/m1/s1. The number of nitrogens with one attached hydrogen (secondary N) is 1. The minimum Gasteiger partial charge on any atom is -0.449 e. The fourth-order valence-corrected chi connectivity index (χ4v) is 6.58. The molecule has 0 spiro atoms. The van der Waals surface area contributed by atoms with Crippen LogP contribution in [0.2, 0.25) is 0 Å². The number of carbonyl (C=O) groups excluding carboxylic acids is 3. The molecule has 0 radical (unpaired) electrons. The molecule has 1 unspecified atom stereocenters. The van der Waals surface area contributed by atoms with Gasteiger partial charge >= 0.3 is 12.2 Å². The van der Waals surface area contributed by atoms with E-state index in [0.29, 0.717) is 26.9 Å². The van der Waals surface area contributed by atoms with Gasteiger partial charge in [-0.05, 0) is 37.6 Å². The number of primary amides is 1. The number of nitrogens with two attached hydrogens (primary N) is 1. The molecule has 4 heterocycles. The molecule has 3 atom stereocenters. The number of carbonyl (C=O) groups is 4. The number of aryl methyl sites for hydroxylation is 1. The molecule has 3 aliphatic heterocycles. The molecule has 0 bridgehead atoms. The van der Waals surface area contributed by atoms with Crippen LogP contribution in [-0.2, 0) is 9.53 Å². The van der Waals surface area contributed by atoms with Crippen molar-refractivity contribution in [3.05, 3.63) is 45.6 Å². The van der Waals surface area contributed by atoms with Crippen molar-refractivity contribution < 1.29 is 29.0 Å². The largest absolute Gasteiger partial charge is 0.512 e. The van der Waals surface area contributed by atoms with Gasteiger partial charge in [-0.3, -0.25) is 14.5 Å². The Balaban J connectivity index is 1.36. The summed E-state index contributed by atoms with van der Waals surface area (Å²) in [4.78, 5) is 52.0. The topological polar surface area (TPSA) is 168 Å². The van der Waals surface area contributed by atoms with Crippen molar-refractivity contribution in [1.29, 1.82) is 0 Å². The lowest BCUT2D eigenvalue weighted by molar-refractivity contribution is -0.159. The Morgan fingerprint density at radius 3 is 2.62 bits per heavy atom. The molecule has 3 aliphatic rings. The Bertz CT molecular complexity index is 1240. The van der Waals surface area contributed by atoms with Crippen LogP contribution in [0.25, 0.3) is 0 Å². The summed E-state index contributed by atoms with van der Waals surface area (Å²) in [7, 11) is 0. The zero-order valence-corrected chi connectivity index (χ0v) is 19.3. The van der Waals surface area contributed by atoms with Crippen LogP contribution in [-0.4, -0.2) is 67.7 Å². The third-order valence-electron chi connectivity index (χ3n) is 5.88. The van der Waals surface area contributed by atoms with Gasteiger partial charge in [-0.25, -0.2) is 9.59 Å². The smallest absolute Gasteiger partial charge is 0.449 e. The van der Waals surface area contributed by atoms with Gasteiger partial charge in [-0.15, -0.1) is 10.2 Å². The van der Waals surface area contributed by atoms with Gasteiger partial charge in [0.2, 0.25) is 11.8 Å². The fraction of sp³-hybridized carbons (Fsp3) is 0.300. The van der Waals surface area contributed by atoms with Gasteiger partial charge in [0.15, 0.2) is 4.34 Å². The molecular weight excluding hydrogens is 484 g/mol. The van der Waals surface area contributed by atoms with Crippen molar-refractivity contribution in [3.63, 3.8) is 0 Å². The highest BCUT2D eigenvalue weighted by atomic mass is 32.2. The first-order valence-corrected chi connectivity index (χ1v) is 11.8. The Morgan fingerprint density at radius 1 is 1.26 bits per heavy atom. The number of anilines is 1. The Morgan fingerprint density at radius 2 is 2.00 bits per heavy atom. The van der Waals surface area contributed by atoms with Crippen LogP contribution < -0.4 is 11.1 Å². The van der Waals surface area contributed by atoms with Crippen LogP contribution in [0, 0.1) is 12.8 Å².